The first kappa shape index (κ1) is 11.3. The summed E-state index contributed by atoms with van der Waals surface area (Å²) in [6.45, 7) is 2.88. The predicted molar refractivity (Wildman–Crippen MR) is 41.8 cm³/mol. The molecule has 14 heavy (non-hydrogen) atoms. The van der Waals surface area contributed by atoms with E-state index in [0.29, 0.717) is 5.92 Å². The molecule has 2 rings (SSSR count). The van der Waals surface area contributed by atoms with Crippen LogP contribution in [0.15, 0.2) is 0 Å². The van der Waals surface area contributed by atoms with Crippen LogP contribution < -0.4 is 24.0 Å². The third-order valence-electron chi connectivity index (χ3n) is 2.30. The zero-order valence-electron chi connectivity index (χ0n) is 8.36. The van der Waals surface area contributed by atoms with Gasteiger partial charge in [0.15, 0.2) is 5.82 Å². The maximum Gasteiger partial charge on any atom is 1.00 e. The van der Waals surface area contributed by atoms with Crippen LogP contribution in [0.3, 0.4) is 0 Å². The van der Waals surface area contributed by atoms with E-state index in [1.165, 1.54) is 0 Å². The fourth-order valence-corrected chi connectivity index (χ4v) is 1.55. The minimum absolute atomic E-state index is 0. The number of aryl methyl sites for hydroxylation is 1. The summed E-state index contributed by atoms with van der Waals surface area (Å²) in [6.07, 6.45) is 1.84. The maximum absolute atomic E-state index is 10.5. The molecule has 0 amide bonds. The SMILES string of the molecule is CC1CCn2nc(C(=O)[O-])nc2C1.[Li+]. The topological polar surface area (TPSA) is 70.8 Å². The number of carbonyl (C=O) groups excluding carboxylic acids is 1. The van der Waals surface area contributed by atoms with Crippen LogP contribution in [0.1, 0.15) is 29.8 Å². The molecule has 0 aromatic carbocycles. The Hall–Kier alpha value is -0.793. The number of carboxylic acids is 1. The summed E-state index contributed by atoms with van der Waals surface area (Å²) in [5.74, 6) is -0.164. The van der Waals surface area contributed by atoms with Crippen molar-refractivity contribution >= 4 is 5.97 Å². The zero-order chi connectivity index (χ0) is 9.42. The minimum Gasteiger partial charge on any atom is -0.541 e. The smallest absolute Gasteiger partial charge is 0.541 e. The van der Waals surface area contributed by atoms with Gasteiger partial charge >= 0.3 is 18.9 Å². The van der Waals surface area contributed by atoms with Gasteiger partial charge in [0.2, 0.25) is 0 Å². The quantitative estimate of drug-likeness (QED) is 0.423. The number of aromatic carboxylic acids is 1. The van der Waals surface area contributed by atoms with Crippen molar-refractivity contribution in [1.29, 1.82) is 0 Å². The Bertz CT molecular complexity index is 350. The zero-order valence-corrected chi connectivity index (χ0v) is 8.36. The van der Waals surface area contributed by atoms with Crippen molar-refractivity contribution in [3.8, 4) is 0 Å². The van der Waals surface area contributed by atoms with Crippen LogP contribution in [0.25, 0.3) is 0 Å². The fourth-order valence-electron chi connectivity index (χ4n) is 1.55. The molecule has 1 atom stereocenters. The summed E-state index contributed by atoms with van der Waals surface area (Å²) < 4.78 is 1.66. The summed E-state index contributed by atoms with van der Waals surface area (Å²) in [5.41, 5.74) is 0. The van der Waals surface area contributed by atoms with Crippen molar-refractivity contribution < 1.29 is 28.8 Å². The molecule has 0 fully saturated rings. The molecule has 0 bridgehead atoms. The Kier molecular flexibility index (Phi) is 3.35. The maximum atomic E-state index is 10.5. The van der Waals surface area contributed by atoms with Gasteiger partial charge in [0, 0.05) is 13.0 Å². The van der Waals surface area contributed by atoms with Gasteiger partial charge in [-0.3, -0.25) is 0 Å². The average Bonchev–Trinajstić information content (AvgIpc) is 2.46. The molecule has 5 nitrogen and oxygen atoms in total. The Balaban J connectivity index is 0.000000980. The van der Waals surface area contributed by atoms with E-state index >= 15 is 0 Å². The number of nitrogens with zero attached hydrogens (tertiary/aromatic N) is 3. The monoisotopic (exact) mass is 187 g/mol. The van der Waals surface area contributed by atoms with Crippen LogP contribution >= 0.6 is 0 Å². The number of rotatable bonds is 1. The van der Waals surface area contributed by atoms with Gasteiger partial charge < -0.3 is 9.90 Å². The summed E-state index contributed by atoms with van der Waals surface area (Å²) in [7, 11) is 0. The Labute approximate surface area is 93.7 Å². The van der Waals surface area contributed by atoms with Gasteiger partial charge in [0.25, 0.3) is 0 Å². The second-order valence-electron chi connectivity index (χ2n) is 3.46. The van der Waals surface area contributed by atoms with E-state index in [9.17, 15) is 9.90 Å². The Morgan fingerprint density at radius 3 is 3.00 bits per heavy atom. The van der Waals surface area contributed by atoms with Crippen molar-refractivity contribution in [3.05, 3.63) is 11.6 Å². The largest absolute Gasteiger partial charge is 1.00 e. The van der Waals surface area contributed by atoms with Crippen LogP contribution in [0.2, 0.25) is 0 Å². The molecule has 70 valence electrons. The van der Waals surface area contributed by atoms with E-state index in [1.807, 2.05) is 0 Å². The predicted octanol–water partition coefficient (Wildman–Crippen LogP) is -3.77. The van der Waals surface area contributed by atoms with E-state index in [2.05, 4.69) is 17.0 Å². The first-order chi connectivity index (χ1) is 6.16. The molecule has 0 spiro atoms. The molecule has 0 saturated carbocycles. The van der Waals surface area contributed by atoms with E-state index < -0.39 is 5.97 Å². The van der Waals surface area contributed by atoms with Crippen molar-refractivity contribution in [2.45, 2.75) is 26.3 Å². The molecule has 0 N–H and O–H groups in total. The van der Waals surface area contributed by atoms with Gasteiger partial charge in [-0.05, 0) is 12.3 Å². The molecule has 1 aromatic rings. The van der Waals surface area contributed by atoms with Crippen LogP contribution in [-0.4, -0.2) is 20.7 Å². The van der Waals surface area contributed by atoms with Crippen LogP contribution in [-0.2, 0) is 13.0 Å². The minimum atomic E-state index is -1.30. The van der Waals surface area contributed by atoms with Crippen molar-refractivity contribution in [1.82, 2.24) is 14.8 Å². The van der Waals surface area contributed by atoms with E-state index in [4.69, 9.17) is 0 Å². The molecule has 2 heterocycles. The normalized spacial score (nSPS) is 19.6. The Morgan fingerprint density at radius 1 is 1.64 bits per heavy atom. The van der Waals surface area contributed by atoms with Gasteiger partial charge in [-0.25, -0.2) is 9.67 Å². The molecule has 1 unspecified atom stereocenters. The number of carboxylic acid groups (broad SMARTS) is 1. The fraction of sp³-hybridized carbons (Fsp3) is 0.625. The molecule has 1 aliphatic heterocycles. The number of hydrogen-bond acceptors (Lipinski definition) is 4. The molecular weight excluding hydrogens is 177 g/mol. The van der Waals surface area contributed by atoms with Gasteiger partial charge in [0.1, 0.15) is 11.8 Å². The molecule has 0 aliphatic carbocycles. The second-order valence-corrected chi connectivity index (χ2v) is 3.46. The van der Waals surface area contributed by atoms with E-state index in [-0.39, 0.29) is 24.7 Å². The molecule has 6 heteroatoms. The number of carbonyl (C=O) groups is 1. The third-order valence-corrected chi connectivity index (χ3v) is 2.30. The summed E-state index contributed by atoms with van der Waals surface area (Å²) in [6, 6.07) is 0. The van der Waals surface area contributed by atoms with Crippen molar-refractivity contribution in [3.63, 3.8) is 0 Å². The average molecular weight is 187 g/mol. The number of aromatic nitrogens is 3. The molecule has 0 radical (unpaired) electrons. The first-order valence-corrected chi connectivity index (χ1v) is 4.32. The van der Waals surface area contributed by atoms with Crippen molar-refractivity contribution in [2.75, 3.05) is 0 Å². The summed E-state index contributed by atoms with van der Waals surface area (Å²) in [4.78, 5) is 14.3. The second kappa shape index (κ2) is 4.16. The van der Waals surface area contributed by atoms with E-state index in [1.54, 1.807) is 4.68 Å². The molecule has 0 saturated heterocycles. The molecular formula is C8H10LiN3O2. The van der Waals surface area contributed by atoms with Crippen LogP contribution in [0.5, 0.6) is 0 Å². The number of fused-ring (bicyclic) bond motifs is 1. The van der Waals surface area contributed by atoms with Gasteiger partial charge in [-0.15, -0.1) is 5.10 Å². The van der Waals surface area contributed by atoms with Gasteiger partial charge in [-0.1, -0.05) is 6.92 Å². The third kappa shape index (κ3) is 1.99. The van der Waals surface area contributed by atoms with Crippen LogP contribution in [0, 0.1) is 5.92 Å². The van der Waals surface area contributed by atoms with Gasteiger partial charge in [0.05, 0.1) is 0 Å². The first-order valence-electron chi connectivity index (χ1n) is 4.32. The standard InChI is InChI=1S/C8H11N3O2.Li/c1-5-2-3-11-6(4-5)9-7(10-11)8(12)13;/h5H,2-4H2,1H3,(H,12,13);/q;+1/p-1. The molecule has 1 aromatic heterocycles. The Morgan fingerprint density at radius 2 is 2.36 bits per heavy atom. The van der Waals surface area contributed by atoms with E-state index in [0.717, 1.165) is 25.2 Å². The summed E-state index contributed by atoms with van der Waals surface area (Å²) >= 11 is 0. The number of hydrogen-bond donors (Lipinski definition) is 0. The summed E-state index contributed by atoms with van der Waals surface area (Å²) in [5, 5.41) is 14.3. The molecule has 1 aliphatic rings. The van der Waals surface area contributed by atoms with Gasteiger partial charge in [-0.2, -0.15) is 0 Å². The van der Waals surface area contributed by atoms with Crippen molar-refractivity contribution in [2.24, 2.45) is 5.92 Å². The van der Waals surface area contributed by atoms with Crippen LogP contribution in [0.4, 0.5) is 0 Å².